The van der Waals surface area contributed by atoms with Gasteiger partial charge in [0.2, 0.25) is 0 Å². The number of phenols is 1. The fourth-order valence-corrected chi connectivity index (χ4v) is 3.48. The van der Waals surface area contributed by atoms with Gasteiger partial charge in [-0.2, -0.15) is 0 Å². The van der Waals surface area contributed by atoms with Crippen LogP contribution < -0.4 is 4.74 Å². The Hall–Kier alpha value is -2.70. The van der Waals surface area contributed by atoms with Gasteiger partial charge in [-0.15, -0.1) is 0 Å². The summed E-state index contributed by atoms with van der Waals surface area (Å²) in [6.07, 6.45) is 6.23. The zero-order chi connectivity index (χ0) is 18.8. The summed E-state index contributed by atoms with van der Waals surface area (Å²) in [6.45, 7) is 2.25. The number of fused-ring (bicyclic) bond motifs is 1. The Kier molecular flexibility index (Phi) is 4.92. The third kappa shape index (κ3) is 3.59. The van der Waals surface area contributed by atoms with Crippen molar-refractivity contribution in [1.29, 1.82) is 0 Å². The highest BCUT2D eigenvalue weighted by Gasteiger charge is 2.21. The lowest BCUT2D eigenvalue weighted by molar-refractivity contribution is 0.242. The van der Waals surface area contributed by atoms with Gasteiger partial charge in [0.25, 0.3) is 0 Å². The number of pyridine rings is 1. The quantitative estimate of drug-likeness (QED) is 0.745. The molecule has 0 radical (unpaired) electrons. The SMILES string of the molecule is COc1ccc(CN2CCc3nc(-c4ccncc4)ncc3C2)c(Cl)c1O. The van der Waals surface area contributed by atoms with Gasteiger partial charge in [0.15, 0.2) is 17.3 Å². The number of aromatic nitrogens is 3. The molecule has 0 bridgehead atoms. The largest absolute Gasteiger partial charge is 0.503 e. The van der Waals surface area contributed by atoms with E-state index in [1.807, 2.05) is 24.4 Å². The number of ether oxygens (including phenoxy) is 1. The molecule has 1 aliphatic heterocycles. The molecule has 0 atom stereocenters. The van der Waals surface area contributed by atoms with E-state index in [9.17, 15) is 5.11 Å². The predicted molar refractivity (Wildman–Crippen MR) is 103 cm³/mol. The van der Waals surface area contributed by atoms with Gasteiger partial charge in [0, 0.05) is 55.8 Å². The first kappa shape index (κ1) is 17.7. The topological polar surface area (TPSA) is 71.4 Å². The summed E-state index contributed by atoms with van der Waals surface area (Å²) >= 11 is 6.30. The van der Waals surface area contributed by atoms with E-state index in [1.165, 1.54) is 7.11 Å². The molecule has 4 rings (SSSR count). The summed E-state index contributed by atoms with van der Waals surface area (Å²) in [4.78, 5) is 15.5. The number of hydrogen-bond acceptors (Lipinski definition) is 6. The first-order chi connectivity index (χ1) is 13.2. The van der Waals surface area contributed by atoms with Crippen LogP contribution in [0, 0.1) is 0 Å². The van der Waals surface area contributed by atoms with Crippen LogP contribution in [0.1, 0.15) is 16.8 Å². The van der Waals surface area contributed by atoms with Crippen molar-refractivity contribution in [2.45, 2.75) is 19.5 Å². The molecule has 0 spiro atoms. The fourth-order valence-electron chi connectivity index (χ4n) is 3.27. The minimum absolute atomic E-state index is 0.0144. The van der Waals surface area contributed by atoms with Crippen molar-refractivity contribution in [3.05, 3.63) is 64.7 Å². The van der Waals surface area contributed by atoms with Gasteiger partial charge in [-0.3, -0.25) is 9.88 Å². The minimum atomic E-state index is -0.0144. The number of rotatable bonds is 4. The highest BCUT2D eigenvalue weighted by Crippen LogP contribution is 2.37. The number of halogens is 1. The number of methoxy groups -OCH3 is 1. The van der Waals surface area contributed by atoms with E-state index in [1.54, 1.807) is 18.5 Å². The van der Waals surface area contributed by atoms with Crippen molar-refractivity contribution >= 4 is 11.6 Å². The molecule has 0 saturated carbocycles. The molecule has 0 unspecified atom stereocenters. The molecule has 1 aliphatic rings. The maximum atomic E-state index is 10.1. The van der Waals surface area contributed by atoms with Gasteiger partial charge >= 0.3 is 0 Å². The molecule has 0 amide bonds. The smallest absolute Gasteiger partial charge is 0.177 e. The predicted octanol–water partition coefficient (Wildman–Crippen LogP) is 3.46. The van der Waals surface area contributed by atoms with Gasteiger partial charge in [-0.05, 0) is 23.8 Å². The van der Waals surface area contributed by atoms with E-state index in [0.29, 0.717) is 17.3 Å². The van der Waals surface area contributed by atoms with Crippen LogP contribution in [0.3, 0.4) is 0 Å². The van der Waals surface area contributed by atoms with Gasteiger partial charge in [0.1, 0.15) is 0 Å². The maximum Gasteiger partial charge on any atom is 0.177 e. The Morgan fingerprint density at radius 1 is 1.22 bits per heavy atom. The minimum Gasteiger partial charge on any atom is -0.503 e. The molecule has 2 aromatic heterocycles. The summed E-state index contributed by atoms with van der Waals surface area (Å²) in [5, 5.41) is 10.4. The highest BCUT2D eigenvalue weighted by molar-refractivity contribution is 6.33. The number of aromatic hydroxyl groups is 1. The van der Waals surface area contributed by atoms with Crippen molar-refractivity contribution in [1.82, 2.24) is 19.9 Å². The lowest BCUT2D eigenvalue weighted by Crippen LogP contribution is -2.31. The molecule has 138 valence electrons. The lowest BCUT2D eigenvalue weighted by atomic mass is 10.1. The van der Waals surface area contributed by atoms with Crippen molar-refractivity contribution in [2.75, 3.05) is 13.7 Å². The van der Waals surface area contributed by atoms with Crippen LogP contribution in [0.15, 0.2) is 42.9 Å². The van der Waals surface area contributed by atoms with E-state index in [-0.39, 0.29) is 5.75 Å². The second-order valence-electron chi connectivity index (χ2n) is 6.45. The van der Waals surface area contributed by atoms with Crippen molar-refractivity contribution in [2.24, 2.45) is 0 Å². The van der Waals surface area contributed by atoms with Crippen LogP contribution in [0.2, 0.25) is 5.02 Å². The number of hydrogen-bond donors (Lipinski definition) is 1. The third-order valence-electron chi connectivity index (χ3n) is 4.72. The van der Waals surface area contributed by atoms with Crippen LogP contribution in [-0.4, -0.2) is 38.6 Å². The van der Waals surface area contributed by atoms with E-state index in [2.05, 4.69) is 14.9 Å². The molecular weight excluding hydrogens is 364 g/mol. The Labute approximate surface area is 162 Å². The summed E-state index contributed by atoms with van der Waals surface area (Å²) < 4.78 is 5.10. The molecule has 3 aromatic rings. The normalized spacial score (nSPS) is 14.0. The molecule has 1 aromatic carbocycles. The Morgan fingerprint density at radius 3 is 2.81 bits per heavy atom. The highest BCUT2D eigenvalue weighted by atomic mass is 35.5. The summed E-state index contributed by atoms with van der Waals surface area (Å²) in [5.41, 5.74) is 4.04. The first-order valence-corrected chi connectivity index (χ1v) is 9.05. The maximum absolute atomic E-state index is 10.1. The van der Waals surface area contributed by atoms with E-state index >= 15 is 0 Å². The first-order valence-electron chi connectivity index (χ1n) is 8.67. The van der Waals surface area contributed by atoms with Crippen LogP contribution in [0.5, 0.6) is 11.5 Å². The van der Waals surface area contributed by atoms with Crippen LogP contribution in [0.4, 0.5) is 0 Å². The summed E-state index contributed by atoms with van der Waals surface area (Å²) in [7, 11) is 1.51. The number of benzene rings is 1. The summed E-state index contributed by atoms with van der Waals surface area (Å²) in [6, 6.07) is 7.45. The lowest BCUT2D eigenvalue weighted by Gasteiger charge is -2.28. The molecular formula is C20H19ClN4O2. The van der Waals surface area contributed by atoms with Crippen LogP contribution in [-0.2, 0) is 19.5 Å². The molecule has 3 heterocycles. The molecule has 0 saturated heterocycles. The molecule has 7 heteroatoms. The van der Waals surface area contributed by atoms with E-state index in [0.717, 1.165) is 47.7 Å². The monoisotopic (exact) mass is 382 g/mol. The van der Waals surface area contributed by atoms with Crippen LogP contribution in [0.25, 0.3) is 11.4 Å². The van der Waals surface area contributed by atoms with Gasteiger partial charge < -0.3 is 9.84 Å². The zero-order valence-corrected chi connectivity index (χ0v) is 15.6. The standard InChI is InChI=1S/C20H19ClN4O2/c1-27-17-3-2-14(18(21)19(17)26)11-25-9-6-16-15(12-25)10-23-20(24-16)13-4-7-22-8-5-13/h2-5,7-8,10,26H,6,9,11-12H2,1H3. The number of phenolic OH excluding ortho intramolecular Hbond substituents is 1. The molecule has 27 heavy (non-hydrogen) atoms. The molecule has 6 nitrogen and oxygen atoms in total. The fraction of sp³-hybridized carbons (Fsp3) is 0.250. The molecule has 0 fully saturated rings. The van der Waals surface area contributed by atoms with Gasteiger partial charge in [-0.1, -0.05) is 17.7 Å². The van der Waals surface area contributed by atoms with Gasteiger partial charge in [0.05, 0.1) is 17.8 Å². The van der Waals surface area contributed by atoms with Gasteiger partial charge in [-0.25, -0.2) is 9.97 Å². The van der Waals surface area contributed by atoms with Crippen molar-refractivity contribution in [3.8, 4) is 22.9 Å². The second-order valence-corrected chi connectivity index (χ2v) is 6.83. The Balaban J connectivity index is 1.52. The second kappa shape index (κ2) is 7.50. The third-order valence-corrected chi connectivity index (χ3v) is 5.15. The Morgan fingerprint density at radius 2 is 2.04 bits per heavy atom. The zero-order valence-electron chi connectivity index (χ0n) is 14.9. The van der Waals surface area contributed by atoms with Crippen molar-refractivity contribution in [3.63, 3.8) is 0 Å². The average molecular weight is 383 g/mol. The Bertz CT molecular complexity index is 966. The van der Waals surface area contributed by atoms with Crippen LogP contribution >= 0.6 is 11.6 Å². The van der Waals surface area contributed by atoms with E-state index in [4.69, 9.17) is 21.3 Å². The molecule has 1 N–H and O–H groups in total. The van der Waals surface area contributed by atoms with E-state index < -0.39 is 0 Å². The average Bonchev–Trinajstić information content (AvgIpc) is 2.72. The molecule has 0 aliphatic carbocycles. The number of nitrogens with zero attached hydrogens (tertiary/aromatic N) is 4. The van der Waals surface area contributed by atoms with Crippen molar-refractivity contribution < 1.29 is 9.84 Å². The summed E-state index contributed by atoms with van der Waals surface area (Å²) in [5.74, 6) is 1.09.